The van der Waals surface area contributed by atoms with Crippen molar-refractivity contribution in [3.05, 3.63) is 21.6 Å². The van der Waals surface area contributed by atoms with Gasteiger partial charge in [-0.3, -0.25) is 10.1 Å². The summed E-state index contributed by atoms with van der Waals surface area (Å²) in [4.78, 5) is 20.5. The highest BCUT2D eigenvalue weighted by atomic mass is 35.5. The second kappa shape index (κ2) is 7.38. The van der Waals surface area contributed by atoms with E-state index in [4.69, 9.17) is 11.6 Å². The molecule has 0 aliphatic rings. The Morgan fingerprint density at radius 1 is 1.40 bits per heavy atom. The Kier molecular flexibility index (Phi) is 6.13. The van der Waals surface area contributed by atoms with Crippen LogP contribution in [0.25, 0.3) is 0 Å². The summed E-state index contributed by atoms with van der Waals surface area (Å²) in [5.41, 5.74) is -0.0954. The van der Waals surface area contributed by atoms with Crippen molar-refractivity contribution < 1.29 is 4.92 Å². The van der Waals surface area contributed by atoms with Gasteiger partial charge in [0.25, 0.3) is 0 Å². The molecule has 0 aliphatic carbocycles. The van der Waals surface area contributed by atoms with Gasteiger partial charge < -0.3 is 4.90 Å². The van der Waals surface area contributed by atoms with Crippen molar-refractivity contribution in [2.24, 2.45) is 5.92 Å². The molecule has 6 nitrogen and oxygen atoms in total. The van der Waals surface area contributed by atoms with Crippen LogP contribution in [0.4, 0.5) is 11.5 Å². The molecule has 0 atom stereocenters. The largest absolute Gasteiger partial charge is 0.348 e. The fourth-order valence-electron chi connectivity index (χ4n) is 2.22. The molecule has 112 valence electrons. The van der Waals surface area contributed by atoms with Crippen LogP contribution in [0, 0.1) is 16.0 Å². The third-order valence-corrected chi connectivity index (χ3v) is 3.32. The van der Waals surface area contributed by atoms with Crippen molar-refractivity contribution in [1.82, 2.24) is 9.97 Å². The van der Waals surface area contributed by atoms with Gasteiger partial charge in [0.05, 0.1) is 4.92 Å². The number of aromatic nitrogens is 2. The van der Waals surface area contributed by atoms with E-state index in [-0.39, 0.29) is 17.0 Å². The average molecular weight is 301 g/mol. The summed E-state index contributed by atoms with van der Waals surface area (Å²) in [6.45, 7) is 8.97. The average Bonchev–Trinajstić information content (AvgIpc) is 2.38. The molecule has 0 aliphatic heterocycles. The van der Waals surface area contributed by atoms with Gasteiger partial charge in [0, 0.05) is 12.6 Å². The van der Waals surface area contributed by atoms with Crippen LogP contribution >= 0.6 is 11.6 Å². The Hall–Kier alpha value is -1.43. The normalized spacial score (nSPS) is 11.2. The summed E-state index contributed by atoms with van der Waals surface area (Å²) in [6.07, 6.45) is 2.96. The van der Waals surface area contributed by atoms with Crippen molar-refractivity contribution in [2.75, 3.05) is 11.4 Å². The van der Waals surface area contributed by atoms with Gasteiger partial charge in [-0.15, -0.1) is 0 Å². The zero-order chi connectivity index (χ0) is 15.3. The van der Waals surface area contributed by atoms with Gasteiger partial charge in [-0.05, 0) is 30.4 Å². The Balaban J connectivity index is 3.31. The summed E-state index contributed by atoms with van der Waals surface area (Å²) < 4.78 is 0. The van der Waals surface area contributed by atoms with Gasteiger partial charge in [0.15, 0.2) is 0 Å². The van der Waals surface area contributed by atoms with Gasteiger partial charge >= 0.3 is 5.69 Å². The minimum absolute atomic E-state index is 0.0327. The van der Waals surface area contributed by atoms with E-state index in [0.717, 1.165) is 12.8 Å². The zero-order valence-corrected chi connectivity index (χ0v) is 13.1. The van der Waals surface area contributed by atoms with Crippen LogP contribution < -0.4 is 4.90 Å². The number of nitro groups is 1. The molecule has 0 fully saturated rings. The van der Waals surface area contributed by atoms with Gasteiger partial charge in [0.2, 0.25) is 11.1 Å². The molecule has 0 unspecified atom stereocenters. The van der Waals surface area contributed by atoms with Crippen molar-refractivity contribution in [2.45, 2.75) is 46.6 Å². The maximum atomic E-state index is 11.2. The highest BCUT2D eigenvalue weighted by Crippen LogP contribution is 2.29. The van der Waals surface area contributed by atoms with E-state index >= 15 is 0 Å². The standard InChI is InChI=1S/C13H21ClN4O2/c1-5-10(6-2)17(8-9(3)4)12-11(18(19)20)7-15-13(14)16-12/h7,9-10H,5-6,8H2,1-4H3. The van der Waals surface area contributed by atoms with E-state index in [9.17, 15) is 10.1 Å². The lowest BCUT2D eigenvalue weighted by atomic mass is 10.1. The van der Waals surface area contributed by atoms with Crippen molar-refractivity contribution in [1.29, 1.82) is 0 Å². The molecule has 0 saturated carbocycles. The smallest absolute Gasteiger partial charge is 0.329 e. The molecule has 0 radical (unpaired) electrons. The van der Waals surface area contributed by atoms with Gasteiger partial charge in [0.1, 0.15) is 6.20 Å². The lowest BCUT2D eigenvalue weighted by Crippen LogP contribution is -2.38. The summed E-state index contributed by atoms with van der Waals surface area (Å²) in [5.74, 6) is 0.682. The fourth-order valence-corrected chi connectivity index (χ4v) is 2.35. The first kappa shape index (κ1) is 16.6. The highest BCUT2D eigenvalue weighted by Gasteiger charge is 2.27. The first-order chi connectivity index (χ1) is 9.40. The third-order valence-electron chi connectivity index (χ3n) is 3.13. The molecule has 0 amide bonds. The maximum absolute atomic E-state index is 11.2. The molecule has 0 bridgehead atoms. The molecule has 1 aromatic rings. The van der Waals surface area contributed by atoms with Crippen LogP contribution in [-0.4, -0.2) is 27.5 Å². The van der Waals surface area contributed by atoms with E-state index in [1.165, 1.54) is 6.20 Å². The Morgan fingerprint density at radius 2 is 2.00 bits per heavy atom. The van der Waals surface area contributed by atoms with E-state index < -0.39 is 4.92 Å². The molecule has 1 heterocycles. The molecule has 1 aromatic heterocycles. The maximum Gasteiger partial charge on any atom is 0.329 e. The molecule has 0 saturated heterocycles. The summed E-state index contributed by atoms with van der Waals surface area (Å²) in [7, 11) is 0. The Morgan fingerprint density at radius 3 is 2.45 bits per heavy atom. The second-order valence-corrected chi connectivity index (χ2v) is 5.46. The lowest BCUT2D eigenvalue weighted by molar-refractivity contribution is -0.384. The third kappa shape index (κ3) is 4.03. The zero-order valence-electron chi connectivity index (χ0n) is 12.3. The van der Waals surface area contributed by atoms with Gasteiger partial charge in [-0.25, -0.2) is 4.98 Å². The minimum Gasteiger partial charge on any atom is -0.348 e. The van der Waals surface area contributed by atoms with Crippen molar-refractivity contribution >= 4 is 23.1 Å². The highest BCUT2D eigenvalue weighted by molar-refractivity contribution is 6.28. The van der Waals surface area contributed by atoms with Crippen molar-refractivity contribution in [3.63, 3.8) is 0 Å². The molecule has 0 spiro atoms. The molecule has 20 heavy (non-hydrogen) atoms. The predicted molar refractivity (Wildman–Crippen MR) is 80.3 cm³/mol. The van der Waals surface area contributed by atoms with Crippen LogP contribution in [0.5, 0.6) is 0 Å². The topological polar surface area (TPSA) is 72.2 Å². The van der Waals surface area contributed by atoms with Gasteiger partial charge in [-0.2, -0.15) is 4.98 Å². The fraction of sp³-hybridized carbons (Fsp3) is 0.692. The van der Waals surface area contributed by atoms with E-state index in [1.54, 1.807) is 0 Å². The van der Waals surface area contributed by atoms with Crippen LogP contribution in [0.15, 0.2) is 6.20 Å². The second-order valence-electron chi connectivity index (χ2n) is 5.12. The molecule has 7 heteroatoms. The summed E-state index contributed by atoms with van der Waals surface area (Å²) in [5, 5.41) is 11.2. The monoisotopic (exact) mass is 300 g/mol. The predicted octanol–water partition coefficient (Wildman–Crippen LogP) is 3.69. The number of anilines is 1. The molecular formula is C13H21ClN4O2. The quantitative estimate of drug-likeness (QED) is 0.436. The first-order valence-corrected chi connectivity index (χ1v) is 7.22. The number of hydrogen-bond donors (Lipinski definition) is 0. The molecule has 0 N–H and O–H groups in total. The first-order valence-electron chi connectivity index (χ1n) is 6.84. The number of nitrogens with zero attached hydrogens (tertiary/aromatic N) is 4. The summed E-state index contributed by atoms with van der Waals surface area (Å²) >= 11 is 5.82. The summed E-state index contributed by atoms with van der Waals surface area (Å²) in [6, 6.07) is 0.196. The minimum atomic E-state index is -0.457. The molecular weight excluding hydrogens is 280 g/mol. The van der Waals surface area contributed by atoms with Crippen LogP contribution in [0.1, 0.15) is 40.5 Å². The van der Waals surface area contributed by atoms with E-state index in [1.807, 2.05) is 4.90 Å². The number of rotatable bonds is 7. The SMILES string of the molecule is CCC(CC)N(CC(C)C)c1nc(Cl)ncc1[N+](=O)[O-]. The van der Waals surface area contributed by atoms with Crippen LogP contribution in [-0.2, 0) is 0 Å². The Labute approximate surface area is 124 Å². The number of hydrogen-bond acceptors (Lipinski definition) is 5. The number of halogens is 1. The van der Waals surface area contributed by atoms with E-state index in [0.29, 0.717) is 18.3 Å². The van der Waals surface area contributed by atoms with Crippen LogP contribution in [0.3, 0.4) is 0 Å². The molecule has 1 rings (SSSR count). The van der Waals surface area contributed by atoms with E-state index in [2.05, 4.69) is 37.7 Å². The molecule has 0 aromatic carbocycles. The van der Waals surface area contributed by atoms with Crippen molar-refractivity contribution in [3.8, 4) is 0 Å². The lowest BCUT2D eigenvalue weighted by Gasteiger charge is -2.32. The Bertz CT molecular complexity index is 464. The van der Waals surface area contributed by atoms with Gasteiger partial charge in [-0.1, -0.05) is 27.7 Å². The van der Waals surface area contributed by atoms with Crippen LogP contribution in [0.2, 0.25) is 5.28 Å².